The van der Waals surface area contributed by atoms with Gasteiger partial charge in [-0.15, -0.1) is 11.3 Å². The first-order valence-electron chi connectivity index (χ1n) is 27.7. The standard InChI is InChI=1S/C58H80N12O10S2/c1-39-34-61-56(66-53(39)63-44-10-9-11-47(32-44)82(76,77)67-58(6,7)8)64-43-16-18-45(19-17-43)69-24-22-68(23-25-69)37-50(73)59-21-27-79-29-31-80-30-28-78-26-20-49(72)65-52(57(3,4)5)55(75)70-36-46(71)33-48(70)54(74)60-35-41-12-14-42(15-13-41)51-40(2)62-38-81-51/h9-19,32,34,38,46,48,52,67,71H,20-31,33,35-37H2,1-8H3,(H,59,73)(H,60,74)(H,65,72)(H2,61,63,64,66)/t46-,48+,52-/m1/s1. The van der Waals surface area contributed by atoms with Crippen molar-refractivity contribution in [3.8, 4) is 10.4 Å². The van der Waals surface area contributed by atoms with Gasteiger partial charge in [0.15, 0.2) is 0 Å². The number of rotatable bonds is 27. The third kappa shape index (κ3) is 19.0. The summed E-state index contributed by atoms with van der Waals surface area (Å²) in [5.41, 5.74) is 6.61. The fourth-order valence-corrected chi connectivity index (χ4v) is 11.5. The number of aryl methyl sites for hydroxylation is 2. The molecule has 7 N–H and O–H groups in total. The van der Waals surface area contributed by atoms with Crippen molar-refractivity contribution in [1.29, 1.82) is 0 Å². The molecule has 4 heterocycles. The molecule has 3 aromatic carbocycles. The van der Waals surface area contributed by atoms with Crippen LogP contribution >= 0.6 is 11.3 Å². The molecule has 2 aliphatic heterocycles. The number of amides is 4. The zero-order valence-electron chi connectivity index (χ0n) is 48.2. The summed E-state index contributed by atoms with van der Waals surface area (Å²) in [6, 6.07) is 20.6. The van der Waals surface area contributed by atoms with Crippen molar-refractivity contribution in [2.24, 2.45) is 5.41 Å². The third-order valence-corrected chi connectivity index (χ3v) is 16.3. The van der Waals surface area contributed by atoms with Crippen LogP contribution in [0.15, 0.2) is 89.4 Å². The second kappa shape index (κ2) is 29.1. The van der Waals surface area contributed by atoms with Gasteiger partial charge < -0.3 is 55.7 Å². The van der Waals surface area contributed by atoms with Crippen LogP contribution in [0.3, 0.4) is 0 Å². The molecule has 0 saturated carbocycles. The summed E-state index contributed by atoms with van der Waals surface area (Å²) in [7, 11) is -3.72. The molecule has 0 radical (unpaired) electrons. The number of anilines is 5. The van der Waals surface area contributed by atoms with E-state index in [2.05, 4.69) is 56.1 Å². The number of nitrogens with zero attached hydrogens (tertiary/aromatic N) is 6. The number of β-amino-alcohol motifs (C(OH)–C–C–N with tert-alkyl or cyclic N) is 1. The molecule has 24 heteroatoms. The van der Waals surface area contributed by atoms with Crippen LogP contribution in [0.1, 0.15) is 71.2 Å². The van der Waals surface area contributed by atoms with Crippen molar-refractivity contribution in [3.63, 3.8) is 0 Å². The van der Waals surface area contributed by atoms with Crippen LogP contribution in [0.2, 0.25) is 0 Å². The Kier molecular flexibility index (Phi) is 22.3. The number of nitrogens with one attached hydrogen (secondary N) is 6. The summed E-state index contributed by atoms with van der Waals surface area (Å²) in [4.78, 5) is 73.7. The number of aromatic nitrogens is 3. The predicted molar refractivity (Wildman–Crippen MR) is 317 cm³/mol. The van der Waals surface area contributed by atoms with Gasteiger partial charge in [-0.05, 0) is 93.6 Å². The Bertz CT molecular complexity index is 3030. The van der Waals surface area contributed by atoms with Crippen LogP contribution in [0.5, 0.6) is 0 Å². The number of carbonyl (C=O) groups excluding carboxylic acids is 4. The minimum atomic E-state index is -3.72. The minimum absolute atomic E-state index is 0.00985. The second-order valence-corrected chi connectivity index (χ2v) is 25.1. The van der Waals surface area contributed by atoms with Crippen LogP contribution in [0, 0.1) is 19.3 Å². The highest BCUT2D eigenvalue weighted by Crippen LogP contribution is 2.30. The van der Waals surface area contributed by atoms with Crippen LogP contribution in [0.25, 0.3) is 10.4 Å². The lowest BCUT2D eigenvalue weighted by atomic mass is 9.85. The molecule has 4 amide bonds. The van der Waals surface area contributed by atoms with E-state index < -0.39 is 45.1 Å². The Balaban J connectivity index is 0.712. The second-order valence-electron chi connectivity index (χ2n) is 22.5. The fraction of sp³-hybridized carbons (Fsp3) is 0.500. The number of hydrogen-bond acceptors (Lipinski definition) is 18. The van der Waals surface area contributed by atoms with Gasteiger partial charge in [0, 0.05) is 93.0 Å². The average molecular weight is 1170 g/mol. The highest BCUT2D eigenvalue weighted by atomic mass is 32.2. The van der Waals surface area contributed by atoms with Gasteiger partial charge in [0.1, 0.15) is 17.9 Å². The van der Waals surface area contributed by atoms with Crippen molar-refractivity contribution < 1.29 is 46.9 Å². The first kappa shape index (κ1) is 63.0. The number of ether oxygens (including phenoxy) is 3. The van der Waals surface area contributed by atoms with E-state index in [1.54, 1.807) is 62.6 Å². The molecular weight excluding hydrogens is 1090 g/mol. The molecule has 0 spiro atoms. The van der Waals surface area contributed by atoms with E-state index in [1.807, 2.05) is 88.7 Å². The Labute approximate surface area is 485 Å². The van der Waals surface area contributed by atoms with E-state index in [4.69, 9.17) is 14.2 Å². The molecule has 2 fully saturated rings. The van der Waals surface area contributed by atoms with E-state index in [-0.39, 0.29) is 68.4 Å². The molecule has 0 unspecified atom stereocenters. The maximum Gasteiger partial charge on any atom is 0.246 e. The molecule has 7 rings (SSSR count). The van der Waals surface area contributed by atoms with Gasteiger partial charge in [-0.1, -0.05) is 51.1 Å². The lowest BCUT2D eigenvalue weighted by Gasteiger charge is -2.35. The van der Waals surface area contributed by atoms with E-state index in [1.165, 1.54) is 4.90 Å². The number of benzene rings is 3. The lowest BCUT2D eigenvalue weighted by molar-refractivity contribution is -0.144. The van der Waals surface area contributed by atoms with Gasteiger partial charge in [-0.3, -0.25) is 24.1 Å². The van der Waals surface area contributed by atoms with Gasteiger partial charge in [-0.2, -0.15) is 4.98 Å². The number of aliphatic hydroxyl groups excluding tert-OH is 1. The van der Waals surface area contributed by atoms with Crippen molar-refractivity contribution in [2.75, 3.05) is 101 Å². The van der Waals surface area contributed by atoms with Gasteiger partial charge in [-0.25, -0.2) is 23.1 Å². The number of sulfonamides is 1. The SMILES string of the molecule is Cc1cnc(Nc2ccc(N3CCN(CC(=O)NCCOCCOCCOCCC(=O)N[C@H](C(=O)N4C[C@H](O)C[C@H]4C(=O)NCc4ccc(-c5scnc5C)cc4)C(C)(C)C)CC3)cc2)nc1Nc1cccc(S(=O)(=O)NC(C)(C)C)c1. The largest absolute Gasteiger partial charge is 0.391 e. The molecule has 82 heavy (non-hydrogen) atoms. The Morgan fingerprint density at radius 1 is 0.793 bits per heavy atom. The van der Waals surface area contributed by atoms with Crippen molar-refractivity contribution in [3.05, 3.63) is 101 Å². The number of thiazole rings is 1. The molecule has 2 saturated heterocycles. The maximum absolute atomic E-state index is 14.0. The normalized spacial score (nSPS) is 16.4. The van der Waals surface area contributed by atoms with Crippen molar-refractivity contribution >= 4 is 73.8 Å². The molecule has 2 aliphatic rings. The van der Waals surface area contributed by atoms with E-state index in [0.717, 1.165) is 64.8 Å². The molecule has 22 nitrogen and oxygen atoms in total. The summed E-state index contributed by atoms with van der Waals surface area (Å²) in [5.74, 6) is -0.332. The number of piperazine rings is 1. The van der Waals surface area contributed by atoms with Crippen LogP contribution in [-0.2, 0) is 50.0 Å². The van der Waals surface area contributed by atoms with Gasteiger partial charge in [0.2, 0.25) is 39.6 Å². The summed E-state index contributed by atoms with van der Waals surface area (Å²) < 4.78 is 45.4. The molecule has 3 atom stereocenters. The van der Waals surface area contributed by atoms with Gasteiger partial charge in [0.25, 0.3) is 0 Å². The summed E-state index contributed by atoms with van der Waals surface area (Å²) >= 11 is 1.57. The molecule has 444 valence electrons. The topological polar surface area (TPSA) is 271 Å². The highest BCUT2D eigenvalue weighted by molar-refractivity contribution is 7.89. The molecule has 2 aromatic heterocycles. The van der Waals surface area contributed by atoms with E-state index >= 15 is 0 Å². The number of carbonyl (C=O) groups is 4. The maximum atomic E-state index is 14.0. The molecule has 5 aromatic rings. The smallest absolute Gasteiger partial charge is 0.246 e. The van der Waals surface area contributed by atoms with Crippen LogP contribution < -0.4 is 36.2 Å². The van der Waals surface area contributed by atoms with E-state index in [9.17, 15) is 32.7 Å². The highest BCUT2D eigenvalue weighted by Gasteiger charge is 2.44. The minimum Gasteiger partial charge on any atom is -0.391 e. The zero-order chi connectivity index (χ0) is 59.0. The zero-order valence-corrected chi connectivity index (χ0v) is 49.9. The Hall–Kier alpha value is -6.64. The third-order valence-electron chi connectivity index (χ3n) is 13.5. The first-order valence-corrected chi connectivity index (χ1v) is 30.0. The van der Waals surface area contributed by atoms with Gasteiger partial charge in [0.05, 0.1) is 73.3 Å². The molecule has 0 bridgehead atoms. The fourth-order valence-electron chi connectivity index (χ4n) is 9.26. The summed E-state index contributed by atoms with van der Waals surface area (Å²) in [5, 5.41) is 25.8. The first-order chi connectivity index (χ1) is 39.0. The monoisotopic (exact) mass is 1170 g/mol. The Morgan fingerprint density at radius 2 is 1.48 bits per heavy atom. The predicted octanol–water partition coefficient (Wildman–Crippen LogP) is 5.27. The number of likely N-dealkylation sites (tertiary alicyclic amines) is 1. The van der Waals surface area contributed by atoms with Crippen molar-refractivity contribution in [2.45, 2.75) is 103 Å². The van der Waals surface area contributed by atoms with Crippen LogP contribution in [-0.4, -0.2) is 171 Å². The Morgan fingerprint density at radius 3 is 2.13 bits per heavy atom. The summed E-state index contributed by atoms with van der Waals surface area (Å²) in [6.07, 6.45) is 0.930. The molecule has 0 aliphatic carbocycles. The van der Waals surface area contributed by atoms with Gasteiger partial charge >= 0.3 is 0 Å². The number of hydrogen-bond donors (Lipinski definition) is 7. The quantitative estimate of drug-likeness (QED) is 0.0330. The molecular formula is C58H80N12O10S2. The number of aliphatic hydroxyl groups is 1. The van der Waals surface area contributed by atoms with Crippen molar-refractivity contribution in [1.82, 2.24) is 45.4 Å². The lowest BCUT2D eigenvalue weighted by Crippen LogP contribution is -2.57. The van der Waals surface area contributed by atoms with E-state index in [0.29, 0.717) is 50.4 Å². The van der Waals surface area contributed by atoms with Crippen LogP contribution in [0.4, 0.5) is 28.8 Å². The average Bonchev–Trinajstić information content (AvgIpc) is 4.26. The summed E-state index contributed by atoms with van der Waals surface area (Å²) in [6.45, 7) is 20.3.